The summed E-state index contributed by atoms with van der Waals surface area (Å²) in [6, 6.07) is 5.90. The smallest absolute Gasteiger partial charge is 0.253 e. The minimum atomic E-state index is -3.55. The molecule has 0 radical (unpaired) electrons. The van der Waals surface area contributed by atoms with Gasteiger partial charge >= 0.3 is 0 Å². The fourth-order valence-corrected chi connectivity index (χ4v) is 4.15. The summed E-state index contributed by atoms with van der Waals surface area (Å²) in [6.45, 7) is 6.09. The van der Waals surface area contributed by atoms with E-state index in [0.717, 1.165) is 19.3 Å². The molecule has 0 unspecified atom stereocenters. The number of hydrogen-bond donors (Lipinski definition) is 2. The first-order valence-electron chi connectivity index (χ1n) is 9.07. The second-order valence-corrected chi connectivity index (χ2v) is 8.52. The maximum Gasteiger partial charge on any atom is 0.253 e. The van der Waals surface area contributed by atoms with Gasteiger partial charge in [-0.2, -0.15) is 0 Å². The molecule has 1 amide bonds. The largest absolute Gasteiger partial charge is 0.378 e. The van der Waals surface area contributed by atoms with Crippen molar-refractivity contribution in [2.24, 2.45) is 5.73 Å². The Hall–Kier alpha value is -1.48. The van der Waals surface area contributed by atoms with Crippen LogP contribution in [0.4, 0.5) is 0 Å². The Labute approximate surface area is 155 Å². The molecule has 0 spiro atoms. The Bertz CT molecular complexity index is 681. The van der Waals surface area contributed by atoms with Crippen LogP contribution in [0.15, 0.2) is 29.2 Å². The van der Waals surface area contributed by atoms with Crippen LogP contribution >= 0.6 is 0 Å². The number of amides is 1. The molecule has 7 nitrogen and oxygen atoms in total. The first kappa shape index (κ1) is 20.8. The molecule has 2 rings (SSSR count). The maximum atomic E-state index is 12.6. The van der Waals surface area contributed by atoms with Crippen LogP contribution < -0.4 is 10.5 Å². The fraction of sp³-hybridized carbons (Fsp3) is 0.611. The Morgan fingerprint density at radius 3 is 2.42 bits per heavy atom. The lowest BCUT2D eigenvalue weighted by atomic mass is 10.1. The van der Waals surface area contributed by atoms with Crippen LogP contribution in [0.3, 0.4) is 0 Å². The van der Waals surface area contributed by atoms with Gasteiger partial charge in [0.25, 0.3) is 5.91 Å². The highest BCUT2D eigenvalue weighted by molar-refractivity contribution is 7.89. The average Bonchev–Trinajstić information content (AvgIpc) is 2.61. The van der Waals surface area contributed by atoms with Crippen molar-refractivity contribution in [2.45, 2.75) is 50.2 Å². The molecule has 146 valence electrons. The molecule has 0 saturated carbocycles. The second-order valence-electron chi connectivity index (χ2n) is 6.80. The lowest BCUT2D eigenvalue weighted by Crippen LogP contribution is -2.41. The number of likely N-dealkylation sites (tertiary alicyclic amines) is 1. The molecule has 26 heavy (non-hydrogen) atoms. The van der Waals surface area contributed by atoms with Gasteiger partial charge < -0.3 is 15.4 Å². The highest BCUT2D eigenvalue weighted by Crippen LogP contribution is 2.18. The predicted octanol–water partition coefficient (Wildman–Crippen LogP) is 1.34. The zero-order valence-electron chi connectivity index (χ0n) is 15.5. The second kappa shape index (κ2) is 9.45. The number of piperidine rings is 1. The number of ether oxygens (including phenoxy) is 1. The predicted molar refractivity (Wildman–Crippen MR) is 100 cm³/mol. The van der Waals surface area contributed by atoms with E-state index in [1.807, 2.05) is 0 Å². The third kappa shape index (κ3) is 5.77. The number of nitrogens with one attached hydrogen (secondary N) is 1. The van der Waals surface area contributed by atoms with Crippen molar-refractivity contribution in [1.29, 1.82) is 0 Å². The molecule has 0 aromatic heterocycles. The SMILES string of the molecule is CC(C)NS(=O)(=O)c1ccc(C(=O)N2CCC(OCCCN)CC2)cc1. The molecule has 8 heteroatoms. The molecule has 1 aromatic rings. The van der Waals surface area contributed by atoms with E-state index in [4.69, 9.17) is 10.5 Å². The zero-order valence-corrected chi connectivity index (χ0v) is 16.3. The first-order valence-corrected chi connectivity index (χ1v) is 10.5. The van der Waals surface area contributed by atoms with Crippen molar-refractivity contribution in [3.8, 4) is 0 Å². The standard InChI is InChI=1S/C18H29N3O4S/c1-14(2)20-26(23,24)17-6-4-15(5-7-17)18(22)21-11-8-16(9-12-21)25-13-3-10-19/h4-7,14,16,20H,3,8-13,19H2,1-2H3. The zero-order chi connectivity index (χ0) is 19.2. The van der Waals surface area contributed by atoms with Gasteiger partial charge in [0.05, 0.1) is 11.0 Å². The van der Waals surface area contributed by atoms with Crippen molar-refractivity contribution in [1.82, 2.24) is 9.62 Å². The van der Waals surface area contributed by atoms with Crippen molar-refractivity contribution in [3.05, 3.63) is 29.8 Å². The molecule has 1 saturated heterocycles. The molecule has 3 N–H and O–H groups in total. The van der Waals surface area contributed by atoms with Crippen molar-refractivity contribution in [2.75, 3.05) is 26.2 Å². The number of carbonyl (C=O) groups is 1. The molecule has 0 bridgehead atoms. The van der Waals surface area contributed by atoms with Gasteiger partial charge in [-0.15, -0.1) is 0 Å². The summed E-state index contributed by atoms with van der Waals surface area (Å²) in [7, 11) is -3.55. The van der Waals surface area contributed by atoms with Crippen LogP contribution in [0.5, 0.6) is 0 Å². The van der Waals surface area contributed by atoms with E-state index in [1.165, 1.54) is 12.1 Å². The van der Waals surface area contributed by atoms with Gasteiger partial charge in [-0.3, -0.25) is 4.79 Å². The summed E-state index contributed by atoms with van der Waals surface area (Å²) >= 11 is 0. The van der Waals surface area contributed by atoms with Crippen molar-refractivity contribution in [3.63, 3.8) is 0 Å². The number of sulfonamides is 1. The summed E-state index contributed by atoms with van der Waals surface area (Å²) in [6.07, 6.45) is 2.64. The number of carbonyl (C=O) groups excluding carboxylic acids is 1. The summed E-state index contributed by atoms with van der Waals surface area (Å²) in [5.74, 6) is -0.0776. The summed E-state index contributed by atoms with van der Waals surface area (Å²) in [4.78, 5) is 14.6. The quantitative estimate of drug-likeness (QED) is 0.660. The number of rotatable bonds is 8. The molecule has 1 aliphatic heterocycles. The van der Waals surface area contributed by atoms with Crippen molar-refractivity contribution >= 4 is 15.9 Å². The van der Waals surface area contributed by atoms with E-state index in [0.29, 0.717) is 31.8 Å². The van der Waals surface area contributed by atoms with Crippen LogP contribution in [-0.4, -0.2) is 57.6 Å². The number of nitrogens with two attached hydrogens (primary N) is 1. The van der Waals surface area contributed by atoms with E-state index in [-0.39, 0.29) is 22.9 Å². The van der Waals surface area contributed by atoms with Gasteiger partial charge in [0.2, 0.25) is 10.0 Å². The molecule has 0 aliphatic carbocycles. The number of nitrogens with zero attached hydrogens (tertiary/aromatic N) is 1. The van der Waals surface area contributed by atoms with Gasteiger partial charge in [0, 0.05) is 31.3 Å². The molecule has 1 fully saturated rings. The summed E-state index contributed by atoms with van der Waals surface area (Å²) in [5, 5.41) is 0. The van der Waals surface area contributed by atoms with Crippen LogP contribution in [0.1, 0.15) is 43.5 Å². The molecular formula is C18H29N3O4S. The lowest BCUT2D eigenvalue weighted by molar-refractivity contribution is 0.00844. The molecule has 1 heterocycles. The summed E-state index contributed by atoms with van der Waals surface area (Å²) in [5.41, 5.74) is 5.95. The van der Waals surface area contributed by atoms with Gasteiger partial charge in [0.1, 0.15) is 0 Å². The minimum Gasteiger partial charge on any atom is -0.378 e. The van der Waals surface area contributed by atoms with E-state index in [1.54, 1.807) is 30.9 Å². The van der Waals surface area contributed by atoms with Crippen LogP contribution in [0.25, 0.3) is 0 Å². The average molecular weight is 384 g/mol. The third-order valence-electron chi connectivity index (χ3n) is 4.23. The topological polar surface area (TPSA) is 102 Å². The van der Waals surface area contributed by atoms with E-state index < -0.39 is 10.0 Å². The van der Waals surface area contributed by atoms with Crippen LogP contribution in [-0.2, 0) is 14.8 Å². The highest BCUT2D eigenvalue weighted by atomic mass is 32.2. The normalized spacial score (nSPS) is 16.2. The third-order valence-corrected chi connectivity index (χ3v) is 5.91. The highest BCUT2D eigenvalue weighted by Gasteiger charge is 2.24. The fourth-order valence-electron chi connectivity index (χ4n) is 2.90. The van der Waals surface area contributed by atoms with Crippen molar-refractivity contribution < 1.29 is 17.9 Å². The van der Waals surface area contributed by atoms with Crippen LogP contribution in [0, 0.1) is 0 Å². The first-order chi connectivity index (χ1) is 12.3. The van der Waals surface area contributed by atoms with Crippen LogP contribution in [0.2, 0.25) is 0 Å². The lowest BCUT2D eigenvalue weighted by Gasteiger charge is -2.32. The summed E-state index contributed by atoms with van der Waals surface area (Å²) < 4.78 is 32.6. The number of benzene rings is 1. The Balaban J connectivity index is 1.92. The Kier molecular flexibility index (Phi) is 7.57. The number of hydrogen-bond acceptors (Lipinski definition) is 5. The Morgan fingerprint density at radius 1 is 1.27 bits per heavy atom. The Morgan fingerprint density at radius 2 is 1.88 bits per heavy atom. The van der Waals surface area contributed by atoms with Gasteiger partial charge in [-0.1, -0.05) is 0 Å². The van der Waals surface area contributed by atoms with Gasteiger partial charge in [-0.05, 0) is 63.9 Å². The molecule has 0 atom stereocenters. The van der Waals surface area contributed by atoms with Gasteiger partial charge in [-0.25, -0.2) is 13.1 Å². The van der Waals surface area contributed by atoms with E-state index in [9.17, 15) is 13.2 Å². The molecular weight excluding hydrogens is 354 g/mol. The molecule has 1 aromatic carbocycles. The van der Waals surface area contributed by atoms with Gasteiger partial charge in [0.15, 0.2) is 0 Å². The molecule has 1 aliphatic rings. The maximum absolute atomic E-state index is 12.6. The minimum absolute atomic E-state index is 0.0776. The van der Waals surface area contributed by atoms with E-state index >= 15 is 0 Å². The van der Waals surface area contributed by atoms with E-state index in [2.05, 4.69) is 4.72 Å². The monoisotopic (exact) mass is 383 g/mol.